The third-order valence-electron chi connectivity index (χ3n) is 4.30. The maximum atomic E-state index is 5.72. The summed E-state index contributed by atoms with van der Waals surface area (Å²) in [4.78, 5) is 9.13. The smallest absolute Gasteiger partial charge is 0.263 e. The molecule has 0 bridgehead atoms. The molecule has 1 aliphatic rings. The number of piperazine rings is 1. The molecule has 0 atom stereocenters. The minimum atomic E-state index is 0.537. The Bertz CT molecular complexity index is 800. The van der Waals surface area contributed by atoms with Crippen molar-refractivity contribution in [3.63, 3.8) is 0 Å². The van der Waals surface area contributed by atoms with Crippen molar-refractivity contribution < 1.29 is 13.5 Å². The first kappa shape index (κ1) is 14.9. The van der Waals surface area contributed by atoms with E-state index in [0.29, 0.717) is 11.7 Å². The molecular weight excluding hydrogens is 310 g/mol. The predicted octanol–water partition coefficient (Wildman–Crippen LogP) is 2.26. The van der Waals surface area contributed by atoms with Crippen molar-refractivity contribution in [3.05, 3.63) is 35.5 Å². The van der Waals surface area contributed by atoms with Crippen LogP contribution >= 0.6 is 0 Å². The normalized spacial score (nSPS) is 16.0. The van der Waals surface area contributed by atoms with Crippen LogP contribution in [0, 0.1) is 13.8 Å². The number of hydrogen-bond donors (Lipinski definition) is 0. The molecule has 1 aliphatic heterocycles. The van der Waals surface area contributed by atoms with Gasteiger partial charge < -0.3 is 13.7 Å². The zero-order valence-electron chi connectivity index (χ0n) is 13.7. The Balaban J connectivity index is 1.40. The number of aromatic nitrogens is 3. The molecule has 0 unspecified atom stereocenters. The molecule has 8 heteroatoms. The van der Waals surface area contributed by atoms with Gasteiger partial charge in [0.05, 0.1) is 12.0 Å². The van der Waals surface area contributed by atoms with Gasteiger partial charge in [0.2, 0.25) is 0 Å². The molecule has 4 rings (SSSR count). The third-order valence-corrected chi connectivity index (χ3v) is 4.30. The average molecular weight is 329 g/mol. The van der Waals surface area contributed by atoms with Gasteiger partial charge >= 0.3 is 0 Å². The summed E-state index contributed by atoms with van der Waals surface area (Å²) in [7, 11) is 0. The maximum absolute atomic E-state index is 5.72. The van der Waals surface area contributed by atoms with Gasteiger partial charge in [-0.2, -0.15) is 0 Å². The lowest BCUT2D eigenvalue weighted by molar-refractivity contribution is 0.243. The van der Waals surface area contributed by atoms with Gasteiger partial charge in [0, 0.05) is 32.7 Å². The molecule has 0 aliphatic carbocycles. The van der Waals surface area contributed by atoms with Gasteiger partial charge in [-0.25, -0.2) is 9.61 Å². The van der Waals surface area contributed by atoms with Crippen molar-refractivity contribution >= 4 is 5.82 Å². The first-order chi connectivity index (χ1) is 11.7. The zero-order valence-corrected chi connectivity index (χ0v) is 13.7. The summed E-state index contributed by atoms with van der Waals surface area (Å²) in [5, 5.41) is 7.82. The second-order valence-corrected chi connectivity index (χ2v) is 5.94. The molecule has 24 heavy (non-hydrogen) atoms. The van der Waals surface area contributed by atoms with Gasteiger partial charge in [-0.15, -0.1) is 0 Å². The van der Waals surface area contributed by atoms with E-state index in [0.717, 1.165) is 55.7 Å². The summed E-state index contributed by atoms with van der Waals surface area (Å²) in [5.74, 6) is 2.87. The van der Waals surface area contributed by atoms with Gasteiger partial charge in [0.1, 0.15) is 11.5 Å². The first-order valence-electron chi connectivity index (χ1n) is 7.97. The lowest BCUT2D eigenvalue weighted by atomic mass is 10.2. The minimum Gasteiger partial charge on any atom is -0.459 e. The van der Waals surface area contributed by atoms with E-state index in [1.165, 1.54) is 0 Å². The zero-order chi connectivity index (χ0) is 16.5. The Morgan fingerprint density at radius 1 is 1.12 bits per heavy atom. The fourth-order valence-electron chi connectivity index (χ4n) is 2.92. The van der Waals surface area contributed by atoms with Crippen LogP contribution in [0.2, 0.25) is 0 Å². The average Bonchev–Trinajstić information content (AvgIpc) is 3.31. The van der Waals surface area contributed by atoms with E-state index >= 15 is 0 Å². The Hall–Kier alpha value is -2.61. The third kappa shape index (κ3) is 2.80. The molecule has 0 spiro atoms. The highest BCUT2D eigenvalue weighted by molar-refractivity contribution is 5.45. The van der Waals surface area contributed by atoms with E-state index in [1.807, 2.05) is 26.0 Å². The summed E-state index contributed by atoms with van der Waals surface area (Å²) >= 11 is 0. The van der Waals surface area contributed by atoms with Gasteiger partial charge in [-0.05, 0) is 31.1 Å². The fourth-order valence-corrected chi connectivity index (χ4v) is 2.92. The summed E-state index contributed by atoms with van der Waals surface area (Å²) < 4.78 is 15.9. The van der Waals surface area contributed by atoms with Crippen molar-refractivity contribution in [3.8, 4) is 11.7 Å². The van der Waals surface area contributed by atoms with Crippen molar-refractivity contribution in [1.29, 1.82) is 0 Å². The van der Waals surface area contributed by atoms with Gasteiger partial charge in [-0.1, -0.05) is 5.16 Å². The maximum Gasteiger partial charge on any atom is 0.263 e. The topological polar surface area (TPSA) is 84.6 Å². The molecule has 4 heterocycles. The number of rotatable bonds is 4. The Kier molecular flexibility index (Phi) is 3.81. The highest BCUT2D eigenvalue weighted by Crippen LogP contribution is 2.23. The van der Waals surface area contributed by atoms with E-state index in [1.54, 1.807) is 6.26 Å². The van der Waals surface area contributed by atoms with Gasteiger partial charge in [0.25, 0.3) is 5.89 Å². The summed E-state index contributed by atoms with van der Waals surface area (Å²) in [6.45, 7) is 8.24. The molecule has 1 saturated heterocycles. The number of aryl methyl sites for hydroxylation is 2. The molecular formula is C16H19N5O3. The standard InChI is InChI=1S/C16H19N5O3/c1-11-15(19-24-18-11)21-7-5-20(6-8-21)10-13-12(2)23-16(17-13)14-4-3-9-22-14/h3-4,9H,5-8,10H2,1-2H3. The minimum absolute atomic E-state index is 0.537. The van der Waals surface area contributed by atoms with Gasteiger partial charge in [0.15, 0.2) is 11.6 Å². The van der Waals surface area contributed by atoms with Crippen LogP contribution < -0.4 is 4.90 Å². The quantitative estimate of drug-likeness (QED) is 0.720. The van der Waals surface area contributed by atoms with Crippen molar-refractivity contribution in [2.75, 3.05) is 31.1 Å². The van der Waals surface area contributed by atoms with Crippen LogP contribution in [0.25, 0.3) is 11.7 Å². The number of anilines is 1. The highest BCUT2D eigenvalue weighted by Gasteiger charge is 2.23. The first-order valence-corrected chi connectivity index (χ1v) is 7.97. The van der Waals surface area contributed by atoms with Crippen LogP contribution in [0.15, 0.2) is 31.9 Å². The van der Waals surface area contributed by atoms with Crippen LogP contribution in [-0.4, -0.2) is 46.4 Å². The summed E-state index contributed by atoms with van der Waals surface area (Å²) in [6, 6.07) is 3.68. The van der Waals surface area contributed by atoms with E-state index in [-0.39, 0.29) is 0 Å². The molecule has 3 aromatic heterocycles. The van der Waals surface area contributed by atoms with Crippen LogP contribution in [-0.2, 0) is 6.54 Å². The van der Waals surface area contributed by atoms with Crippen LogP contribution in [0.3, 0.4) is 0 Å². The molecule has 3 aromatic rings. The van der Waals surface area contributed by atoms with Crippen LogP contribution in [0.5, 0.6) is 0 Å². The summed E-state index contributed by atoms with van der Waals surface area (Å²) in [6.07, 6.45) is 1.62. The molecule has 1 fully saturated rings. The van der Waals surface area contributed by atoms with Crippen molar-refractivity contribution in [2.45, 2.75) is 20.4 Å². The summed E-state index contributed by atoms with van der Waals surface area (Å²) in [5.41, 5.74) is 1.79. The van der Waals surface area contributed by atoms with Crippen LogP contribution in [0.1, 0.15) is 17.1 Å². The molecule has 0 amide bonds. The second-order valence-electron chi connectivity index (χ2n) is 5.94. The molecule has 0 radical (unpaired) electrons. The van der Waals surface area contributed by atoms with E-state index in [4.69, 9.17) is 13.5 Å². The molecule has 0 saturated carbocycles. The second kappa shape index (κ2) is 6.12. The Morgan fingerprint density at radius 3 is 2.62 bits per heavy atom. The Labute approximate surface area is 139 Å². The Morgan fingerprint density at radius 2 is 1.96 bits per heavy atom. The number of furan rings is 1. The molecule has 8 nitrogen and oxygen atoms in total. The monoisotopic (exact) mass is 329 g/mol. The highest BCUT2D eigenvalue weighted by atomic mass is 16.6. The lowest BCUT2D eigenvalue weighted by Gasteiger charge is -2.34. The predicted molar refractivity (Wildman–Crippen MR) is 85.5 cm³/mol. The SMILES string of the molecule is Cc1nonc1N1CCN(Cc2nc(-c3ccco3)oc2C)CC1. The number of nitrogens with zero attached hydrogens (tertiary/aromatic N) is 5. The largest absolute Gasteiger partial charge is 0.459 e. The van der Waals surface area contributed by atoms with E-state index in [9.17, 15) is 0 Å². The molecule has 126 valence electrons. The number of hydrogen-bond acceptors (Lipinski definition) is 8. The molecule has 0 aromatic carbocycles. The molecule has 0 N–H and O–H groups in total. The van der Waals surface area contributed by atoms with E-state index < -0.39 is 0 Å². The van der Waals surface area contributed by atoms with Crippen LogP contribution in [0.4, 0.5) is 5.82 Å². The van der Waals surface area contributed by atoms with Crippen molar-refractivity contribution in [1.82, 2.24) is 20.2 Å². The fraction of sp³-hybridized carbons (Fsp3) is 0.438. The van der Waals surface area contributed by atoms with E-state index in [2.05, 4.69) is 25.1 Å². The number of oxazole rings is 1. The lowest BCUT2D eigenvalue weighted by Crippen LogP contribution is -2.46. The van der Waals surface area contributed by atoms with Crippen molar-refractivity contribution in [2.24, 2.45) is 0 Å². The van der Waals surface area contributed by atoms with Gasteiger partial charge in [-0.3, -0.25) is 4.90 Å².